The molecule has 0 bridgehead atoms. The number of rotatable bonds is 6. The lowest BCUT2D eigenvalue weighted by molar-refractivity contribution is 0.0241. The molecule has 0 aromatic carbocycles. The molecule has 0 saturated heterocycles. The standard InChI is InChI=1S/C15H25N3O3/c1-10-14(21-11(2)18-10)15(19)17-8-3-9-20-13-6-4-12(16)5-7-13/h12-13H,3-9,16H2,1-2H3,(H,17,19). The average Bonchev–Trinajstić information content (AvgIpc) is 2.79. The zero-order valence-corrected chi connectivity index (χ0v) is 12.9. The zero-order valence-electron chi connectivity index (χ0n) is 12.9. The molecule has 0 atom stereocenters. The van der Waals surface area contributed by atoms with E-state index in [4.69, 9.17) is 14.9 Å². The predicted octanol–water partition coefficient (Wildman–Crippen LogP) is 1.70. The van der Waals surface area contributed by atoms with Gasteiger partial charge in [0, 0.05) is 26.1 Å². The van der Waals surface area contributed by atoms with Gasteiger partial charge in [-0.2, -0.15) is 0 Å². The SMILES string of the molecule is Cc1nc(C)c(C(=O)NCCCOC2CCC(N)CC2)o1. The van der Waals surface area contributed by atoms with Crippen LogP contribution in [0.25, 0.3) is 0 Å². The van der Waals surface area contributed by atoms with Gasteiger partial charge in [0.2, 0.25) is 5.76 Å². The molecule has 1 heterocycles. The molecule has 2 rings (SSSR count). The third-order valence-corrected chi connectivity index (χ3v) is 3.79. The van der Waals surface area contributed by atoms with Gasteiger partial charge in [0.15, 0.2) is 5.89 Å². The van der Waals surface area contributed by atoms with E-state index in [1.807, 2.05) is 0 Å². The molecule has 21 heavy (non-hydrogen) atoms. The topological polar surface area (TPSA) is 90.4 Å². The molecule has 118 valence electrons. The molecule has 3 N–H and O–H groups in total. The largest absolute Gasteiger partial charge is 0.436 e. The molecule has 0 spiro atoms. The highest BCUT2D eigenvalue weighted by Crippen LogP contribution is 2.19. The van der Waals surface area contributed by atoms with Crippen molar-refractivity contribution >= 4 is 5.91 Å². The maximum Gasteiger partial charge on any atom is 0.289 e. The van der Waals surface area contributed by atoms with Crippen LogP contribution in [-0.4, -0.2) is 36.2 Å². The van der Waals surface area contributed by atoms with E-state index >= 15 is 0 Å². The highest BCUT2D eigenvalue weighted by atomic mass is 16.5. The Labute approximate surface area is 125 Å². The van der Waals surface area contributed by atoms with Crippen LogP contribution in [0.15, 0.2) is 4.42 Å². The van der Waals surface area contributed by atoms with Gasteiger partial charge >= 0.3 is 0 Å². The van der Waals surface area contributed by atoms with E-state index in [1.54, 1.807) is 13.8 Å². The molecular weight excluding hydrogens is 270 g/mol. The second-order valence-electron chi connectivity index (χ2n) is 5.66. The van der Waals surface area contributed by atoms with Gasteiger partial charge in [-0.1, -0.05) is 0 Å². The van der Waals surface area contributed by atoms with Crippen LogP contribution in [0, 0.1) is 13.8 Å². The number of hydrogen-bond acceptors (Lipinski definition) is 5. The molecule has 1 aromatic heterocycles. The summed E-state index contributed by atoms with van der Waals surface area (Å²) < 4.78 is 11.1. The highest BCUT2D eigenvalue weighted by Gasteiger charge is 2.19. The van der Waals surface area contributed by atoms with Crippen molar-refractivity contribution in [3.8, 4) is 0 Å². The number of aromatic nitrogens is 1. The van der Waals surface area contributed by atoms with E-state index in [0.717, 1.165) is 32.1 Å². The Bertz CT molecular complexity index is 465. The lowest BCUT2D eigenvalue weighted by atomic mass is 9.94. The summed E-state index contributed by atoms with van der Waals surface area (Å²) in [6, 6.07) is 0.345. The van der Waals surface area contributed by atoms with Crippen molar-refractivity contribution in [2.45, 2.75) is 58.1 Å². The van der Waals surface area contributed by atoms with Gasteiger partial charge in [-0.15, -0.1) is 0 Å². The average molecular weight is 295 g/mol. The first kappa shape index (κ1) is 16.0. The molecular formula is C15H25N3O3. The first-order chi connectivity index (χ1) is 10.1. The normalized spacial score (nSPS) is 22.2. The Morgan fingerprint density at radius 2 is 2.10 bits per heavy atom. The Morgan fingerprint density at radius 3 is 2.71 bits per heavy atom. The lowest BCUT2D eigenvalue weighted by Gasteiger charge is -2.26. The zero-order chi connectivity index (χ0) is 15.2. The smallest absolute Gasteiger partial charge is 0.289 e. The Balaban J connectivity index is 1.59. The molecule has 1 amide bonds. The fourth-order valence-corrected chi connectivity index (χ4v) is 2.60. The van der Waals surface area contributed by atoms with Gasteiger partial charge in [0.05, 0.1) is 11.8 Å². The summed E-state index contributed by atoms with van der Waals surface area (Å²) in [5.41, 5.74) is 6.48. The molecule has 1 fully saturated rings. The van der Waals surface area contributed by atoms with E-state index in [1.165, 1.54) is 0 Å². The van der Waals surface area contributed by atoms with Crippen molar-refractivity contribution < 1.29 is 13.9 Å². The number of amides is 1. The van der Waals surface area contributed by atoms with Crippen LogP contribution >= 0.6 is 0 Å². The van der Waals surface area contributed by atoms with E-state index in [2.05, 4.69) is 10.3 Å². The van der Waals surface area contributed by atoms with Crippen LogP contribution in [0.4, 0.5) is 0 Å². The summed E-state index contributed by atoms with van der Waals surface area (Å²) in [4.78, 5) is 16.0. The second kappa shape index (κ2) is 7.56. The van der Waals surface area contributed by atoms with Gasteiger partial charge in [0.25, 0.3) is 5.91 Å². The number of aryl methyl sites for hydroxylation is 2. The quantitative estimate of drug-likeness (QED) is 0.779. The minimum atomic E-state index is -0.211. The number of ether oxygens (including phenoxy) is 1. The molecule has 1 aromatic rings. The molecule has 6 nitrogen and oxygen atoms in total. The van der Waals surface area contributed by atoms with E-state index in [9.17, 15) is 4.79 Å². The van der Waals surface area contributed by atoms with Crippen LogP contribution in [0.3, 0.4) is 0 Å². The molecule has 0 unspecified atom stereocenters. The molecule has 6 heteroatoms. The summed E-state index contributed by atoms with van der Waals surface area (Å²) in [5, 5.41) is 2.83. The minimum Gasteiger partial charge on any atom is -0.436 e. The van der Waals surface area contributed by atoms with Crippen molar-refractivity contribution in [3.05, 3.63) is 17.3 Å². The molecule has 1 aliphatic carbocycles. The fourth-order valence-electron chi connectivity index (χ4n) is 2.60. The number of oxazole rings is 1. The number of nitrogens with one attached hydrogen (secondary N) is 1. The van der Waals surface area contributed by atoms with Crippen LogP contribution < -0.4 is 11.1 Å². The maximum absolute atomic E-state index is 11.9. The molecule has 1 aliphatic rings. The van der Waals surface area contributed by atoms with E-state index in [0.29, 0.717) is 42.6 Å². The number of carbonyl (C=O) groups is 1. The third-order valence-electron chi connectivity index (χ3n) is 3.79. The number of nitrogens with two attached hydrogens (primary N) is 1. The van der Waals surface area contributed by atoms with Gasteiger partial charge in [-0.3, -0.25) is 4.79 Å². The molecule has 0 aliphatic heterocycles. The monoisotopic (exact) mass is 295 g/mol. The second-order valence-corrected chi connectivity index (χ2v) is 5.66. The Kier molecular flexibility index (Phi) is 5.76. The van der Waals surface area contributed by atoms with Crippen molar-refractivity contribution in [2.75, 3.05) is 13.2 Å². The van der Waals surface area contributed by atoms with Crippen LogP contribution in [0.5, 0.6) is 0 Å². The lowest BCUT2D eigenvalue weighted by Crippen LogP contribution is -2.31. The van der Waals surface area contributed by atoms with E-state index < -0.39 is 0 Å². The van der Waals surface area contributed by atoms with Crippen molar-refractivity contribution in [2.24, 2.45) is 5.73 Å². The summed E-state index contributed by atoms with van der Waals surface area (Å²) in [6.07, 6.45) is 5.31. The minimum absolute atomic E-state index is 0.211. The van der Waals surface area contributed by atoms with Gasteiger partial charge in [-0.05, 0) is 39.0 Å². The van der Waals surface area contributed by atoms with Gasteiger partial charge < -0.3 is 20.2 Å². The Hall–Kier alpha value is -1.40. The summed E-state index contributed by atoms with van der Waals surface area (Å²) in [7, 11) is 0. The van der Waals surface area contributed by atoms with Gasteiger partial charge in [0.1, 0.15) is 0 Å². The van der Waals surface area contributed by atoms with Crippen LogP contribution in [-0.2, 0) is 4.74 Å². The number of nitrogens with zero attached hydrogens (tertiary/aromatic N) is 1. The number of carbonyl (C=O) groups excluding carboxylic acids is 1. The van der Waals surface area contributed by atoms with E-state index in [-0.39, 0.29) is 5.91 Å². The fraction of sp³-hybridized carbons (Fsp3) is 0.733. The maximum atomic E-state index is 11.9. The summed E-state index contributed by atoms with van der Waals surface area (Å²) >= 11 is 0. The van der Waals surface area contributed by atoms with Crippen LogP contribution in [0.2, 0.25) is 0 Å². The van der Waals surface area contributed by atoms with Gasteiger partial charge in [-0.25, -0.2) is 4.98 Å². The molecule has 1 saturated carbocycles. The third kappa shape index (κ3) is 4.82. The summed E-state index contributed by atoms with van der Waals surface area (Å²) in [6.45, 7) is 4.73. The van der Waals surface area contributed by atoms with Crippen molar-refractivity contribution in [3.63, 3.8) is 0 Å². The number of hydrogen-bond donors (Lipinski definition) is 2. The highest BCUT2D eigenvalue weighted by molar-refractivity contribution is 5.92. The van der Waals surface area contributed by atoms with Crippen LogP contribution in [0.1, 0.15) is 54.2 Å². The first-order valence-corrected chi connectivity index (χ1v) is 7.65. The van der Waals surface area contributed by atoms with Crippen molar-refractivity contribution in [1.29, 1.82) is 0 Å². The molecule has 0 radical (unpaired) electrons. The predicted molar refractivity (Wildman–Crippen MR) is 79.1 cm³/mol. The summed E-state index contributed by atoms with van der Waals surface area (Å²) in [5.74, 6) is 0.600. The van der Waals surface area contributed by atoms with Crippen molar-refractivity contribution in [1.82, 2.24) is 10.3 Å². The first-order valence-electron chi connectivity index (χ1n) is 7.65. The Morgan fingerprint density at radius 1 is 1.38 bits per heavy atom.